The van der Waals surface area contributed by atoms with Crippen LogP contribution >= 0.6 is 24.0 Å². The number of thiazole rings is 1. The van der Waals surface area contributed by atoms with Gasteiger partial charge in [0.05, 0.1) is 0 Å². The van der Waals surface area contributed by atoms with Crippen molar-refractivity contribution < 1.29 is 0 Å². The van der Waals surface area contributed by atoms with Gasteiger partial charge in [0.25, 0.3) is 0 Å². The molecule has 0 fully saturated rings. The first-order valence-electron chi connectivity index (χ1n) is 3.97. The molecular formula is C10H9NS2. The third kappa shape index (κ3) is 1.92. The molecule has 0 aliphatic carbocycles. The summed E-state index contributed by atoms with van der Waals surface area (Å²) in [6.45, 7) is 2.08. The van der Waals surface area contributed by atoms with Crippen molar-refractivity contribution in [1.29, 1.82) is 0 Å². The minimum Gasteiger partial charge on any atom is -0.230 e. The predicted octanol–water partition coefficient (Wildman–Crippen LogP) is 3.41. The second-order valence-corrected chi connectivity index (χ2v) is 4.20. The van der Waals surface area contributed by atoms with E-state index in [4.69, 9.17) is 0 Å². The Morgan fingerprint density at radius 2 is 2.23 bits per heavy atom. The van der Waals surface area contributed by atoms with Crippen molar-refractivity contribution >= 4 is 24.0 Å². The number of aromatic nitrogens is 1. The molecule has 0 aliphatic rings. The lowest BCUT2D eigenvalue weighted by Crippen LogP contribution is -1.77. The molecular weight excluding hydrogens is 198 g/mol. The molecule has 1 aromatic carbocycles. The number of rotatable bonds is 1. The van der Waals surface area contributed by atoms with E-state index in [0.717, 1.165) is 10.0 Å². The van der Waals surface area contributed by atoms with Crippen LogP contribution in [0.25, 0.3) is 10.6 Å². The number of aryl methyl sites for hydroxylation is 1. The molecule has 0 amide bonds. The van der Waals surface area contributed by atoms with Crippen molar-refractivity contribution in [2.24, 2.45) is 0 Å². The van der Waals surface area contributed by atoms with E-state index >= 15 is 0 Å². The van der Waals surface area contributed by atoms with Crippen LogP contribution in [0.4, 0.5) is 0 Å². The number of thiol groups is 1. The van der Waals surface area contributed by atoms with Crippen molar-refractivity contribution in [3.63, 3.8) is 0 Å². The topological polar surface area (TPSA) is 12.9 Å². The van der Waals surface area contributed by atoms with Crippen LogP contribution in [-0.4, -0.2) is 4.98 Å². The molecule has 0 saturated carbocycles. The highest BCUT2D eigenvalue weighted by Gasteiger charge is 2.01. The van der Waals surface area contributed by atoms with Gasteiger partial charge in [-0.25, -0.2) is 4.98 Å². The van der Waals surface area contributed by atoms with E-state index in [1.807, 2.05) is 11.4 Å². The quantitative estimate of drug-likeness (QED) is 0.707. The Morgan fingerprint density at radius 1 is 1.38 bits per heavy atom. The van der Waals surface area contributed by atoms with Gasteiger partial charge in [0, 0.05) is 10.9 Å². The molecule has 0 atom stereocenters. The maximum absolute atomic E-state index is 4.30. The van der Waals surface area contributed by atoms with Gasteiger partial charge in [-0.15, -0.1) is 24.0 Å². The van der Waals surface area contributed by atoms with E-state index < -0.39 is 0 Å². The molecule has 1 aromatic heterocycles. The van der Waals surface area contributed by atoms with E-state index in [9.17, 15) is 0 Å². The Bertz CT molecular complexity index is 420. The molecule has 0 radical (unpaired) electrons. The lowest BCUT2D eigenvalue weighted by Gasteiger charge is -1.96. The van der Waals surface area contributed by atoms with Gasteiger partial charge in [0.2, 0.25) is 0 Å². The number of hydrogen-bond donors (Lipinski definition) is 1. The summed E-state index contributed by atoms with van der Waals surface area (Å²) in [7, 11) is 0. The largest absolute Gasteiger partial charge is 0.230 e. The van der Waals surface area contributed by atoms with Gasteiger partial charge in [0.15, 0.2) is 0 Å². The fourth-order valence-corrected chi connectivity index (χ4v) is 2.19. The zero-order valence-corrected chi connectivity index (χ0v) is 8.90. The van der Waals surface area contributed by atoms with Crippen LogP contribution in [0.2, 0.25) is 0 Å². The molecule has 0 N–H and O–H groups in total. The minimum absolute atomic E-state index is 0.793. The van der Waals surface area contributed by atoms with E-state index in [1.54, 1.807) is 11.3 Å². The number of hydrogen-bond acceptors (Lipinski definition) is 3. The lowest BCUT2D eigenvalue weighted by atomic mass is 10.1. The second kappa shape index (κ2) is 3.52. The first-order chi connectivity index (χ1) is 6.25. The van der Waals surface area contributed by atoms with Crippen molar-refractivity contribution in [1.82, 2.24) is 4.98 Å². The summed E-state index contributed by atoms with van der Waals surface area (Å²) < 4.78 is 0. The fraction of sp³-hybridized carbons (Fsp3) is 0.100. The number of benzene rings is 1. The van der Waals surface area contributed by atoms with Crippen LogP contribution in [0, 0.1) is 6.92 Å². The van der Waals surface area contributed by atoms with E-state index in [1.165, 1.54) is 11.1 Å². The van der Waals surface area contributed by atoms with Gasteiger partial charge in [-0.1, -0.05) is 23.8 Å². The first kappa shape index (κ1) is 8.78. The molecule has 66 valence electrons. The Labute approximate surface area is 86.9 Å². The molecule has 0 spiro atoms. The van der Waals surface area contributed by atoms with Crippen LogP contribution in [0.1, 0.15) is 5.56 Å². The van der Waals surface area contributed by atoms with Gasteiger partial charge < -0.3 is 0 Å². The first-order valence-corrected chi connectivity index (χ1v) is 5.30. The molecule has 0 unspecified atom stereocenters. The number of nitrogens with zero attached hydrogens (tertiary/aromatic N) is 1. The molecule has 0 saturated heterocycles. The lowest BCUT2D eigenvalue weighted by molar-refractivity contribution is 1.22. The summed E-state index contributed by atoms with van der Waals surface area (Å²) in [5.41, 5.74) is 2.43. The van der Waals surface area contributed by atoms with Crippen LogP contribution in [0.5, 0.6) is 0 Å². The SMILES string of the molecule is Cc1cccc(-c2nc(S)cs2)c1. The normalized spacial score (nSPS) is 10.3. The highest BCUT2D eigenvalue weighted by atomic mass is 32.1. The average Bonchev–Trinajstić information content (AvgIpc) is 2.52. The van der Waals surface area contributed by atoms with Gasteiger partial charge in [-0.05, 0) is 13.0 Å². The van der Waals surface area contributed by atoms with E-state index in [0.29, 0.717) is 0 Å². The fourth-order valence-electron chi connectivity index (χ4n) is 1.18. The summed E-state index contributed by atoms with van der Waals surface area (Å²) in [6.07, 6.45) is 0. The summed E-state index contributed by atoms with van der Waals surface area (Å²) >= 11 is 5.80. The second-order valence-electron chi connectivity index (χ2n) is 2.88. The van der Waals surface area contributed by atoms with Crippen LogP contribution < -0.4 is 0 Å². The van der Waals surface area contributed by atoms with Gasteiger partial charge in [-0.3, -0.25) is 0 Å². The monoisotopic (exact) mass is 207 g/mol. The Kier molecular flexibility index (Phi) is 2.38. The van der Waals surface area contributed by atoms with Crippen LogP contribution in [0.3, 0.4) is 0 Å². The summed E-state index contributed by atoms with van der Waals surface area (Å²) in [5.74, 6) is 0. The van der Waals surface area contributed by atoms with Crippen molar-refractivity contribution in [3.05, 3.63) is 35.2 Å². The third-order valence-corrected chi connectivity index (χ3v) is 3.05. The predicted molar refractivity (Wildman–Crippen MR) is 59.5 cm³/mol. The Balaban J connectivity index is 2.46. The summed E-state index contributed by atoms with van der Waals surface area (Å²) in [6, 6.07) is 8.33. The molecule has 0 bridgehead atoms. The third-order valence-electron chi connectivity index (χ3n) is 1.76. The van der Waals surface area contributed by atoms with Gasteiger partial charge in [0.1, 0.15) is 10.0 Å². The van der Waals surface area contributed by atoms with Crippen LogP contribution in [-0.2, 0) is 0 Å². The molecule has 2 rings (SSSR count). The smallest absolute Gasteiger partial charge is 0.124 e. The zero-order chi connectivity index (χ0) is 9.26. The molecule has 3 heteroatoms. The summed E-state index contributed by atoms with van der Waals surface area (Å²) in [5, 5.41) is 3.77. The van der Waals surface area contributed by atoms with Gasteiger partial charge in [-0.2, -0.15) is 0 Å². The van der Waals surface area contributed by atoms with Crippen molar-refractivity contribution in [3.8, 4) is 10.6 Å². The maximum Gasteiger partial charge on any atom is 0.124 e. The Hall–Kier alpha value is -0.800. The molecule has 1 heterocycles. The molecule has 0 aliphatic heterocycles. The maximum atomic E-state index is 4.30. The Morgan fingerprint density at radius 3 is 2.85 bits per heavy atom. The highest BCUT2D eigenvalue weighted by Crippen LogP contribution is 2.25. The standard InChI is InChI=1S/C10H9NS2/c1-7-3-2-4-8(5-7)10-11-9(12)6-13-10/h2-6,12H,1H3. The van der Waals surface area contributed by atoms with Crippen molar-refractivity contribution in [2.75, 3.05) is 0 Å². The van der Waals surface area contributed by atoms with Gasteiger partial charge >= 0.3 is 0 Å². The zero-order valence-electron chi connectivity index (χ0n) is 7.19. The molecule has 13 heavy (non-hydrogen) atoms. The van der Waals surface area contributed by atoms with Crippen molar-refractivity contribution in [2.45, 2.75) is 11.9 Å². The van der Waals surface area contributed by atoms with E-state index in [2.05, 4.69) is 42.7 Å². The molecule has 2 aromatic rings. The van der Waals surface area contributed by atoms with Crippen LogP contribution in [0.15, 0.2) is 34.7 Å². The van der Waals surface area contributed by atoms with E-state index in [-0.39, 0.29) is 0 Å². The average molecular weight is 207 g/mol. The minimum atomic E-state index is 0.793. The molecule has 1 nitrogen and oxygen atoms in total. The summed E-state index contributed by atoms with van der Waals surface area (Å²) in [4.78, 5) is 4.30. The highest BCUT2D eigenvalue weighted by molar-refractivity contribution is 7.80.